The number of nitro groups is 1. The number of anilines is 1. The summed E-state index contributed by atoms with van der Waals surface area (Å²) < 4.78 is 38.7. The molecule has 0 saturated heterocycles. The van der Waals surface area contributed by atoms with E-state index in [1.807, 2.05) is 0 Å². The molecule has 0 aliphatic heterocycles. The predicted molar refractivity (Wildman–Crippen MR) is 90.9 cm³/mol. The maximum Gasteiger partial charge on any atom is 0.418 e. The zero-order valence-corrected chi connectivity index (χ0v) is 13.6. The average Bonchev–Trinajstić information content (AvgIpc) is 2.55. The first-order valence-corrected chi connectivity index (χ1v) is 7.31. The molecular formula is C15H10F3N4O3S-. The number of para-hydroxylation sites is 1. The van der Waals surface area contributed by atoms with Crippen LogP contribution in [0.25, 0.3) is 0 Å². The highest BCUT2D eigenvalue weighted by molar-refractivity contribution is 7.80. The lowest BCUT2D eigenvalue weighted by atomic mass is 10.2. The summed E-state index contributed by atoms with van der Waals surface area (Å²) in [6.07, 6.45) is -3.42. The highest BCUT2D eigenvalue weighted by atomic mass is 32.1. The van der Waals surface area contributed by atoms with E-state index in [0.29, 0.717) is 0 Å². The van der Waals surface area contributed by atoms with Gasteiger partial charge in [-0.15, -0.1) is 0 Å². The number of benzene rings is 2. The van der Waals surface area contributed by atoms with Crippen molar-refractivity contribution in [2.45, 2.75) is 6.18 Å². The van der Waals surface area contributed by atoms with Crippen molar-refractivity contribution >= 4 is 34.9 Å². The normalized spacial score (nSPS) is 11.3. The van der Waals surface area contributed by atoms with E-state index in [4.69, 9.17) is 12.2 Å². The van der Waals surface area contributed by atoms with Crippen LogP contribution in [-0.4, -0.2) is 16.3 Å². The van der Waals surface area contributed by atoms with Crippen LogP contribution < -0.4 is 15.8 Å². The Morgan fingerprint density at radius 1 is 1.23 bits per heavy atom. The average molecular weight is 383 g/mol. The highest BCUT2D eigenvalue weighted by Gasteiger charge is 2.33. The number of halogens is 3. The van der Waals surface area contributed by atoms with Gasteiger partial charge in [0.2, 0.25) is 0 Å². The Balaban J connectivity index is 2.05. The quantitative estimate of drug-likeness (QED) is 0.364. The third kappa shape index (κ3) is 4.89. The predicted octanol–water partition coefficient (Wildman–Crippen LogP) is 3.01. The van der Waals surface area contributed by atoms with Crippen LogP contribution in [0.15, 0.2) is 47.6 Å². The van der Waals surface area contributed by atoms with Crippen molar-refractivity contribution in [3.63, 3.8) is 0 Å². The summed E-state index contributed by atoms with van der Waals surface area (Å²) in [6.45, 7) is 0. The minimum atomic E-state index is -4.55. The zero-order valence-electron chi connectivity index (χ0n) is 12.8. The first kappa shape index (κ1) is 19.1. The molecule has 0 heterocycles. The summed E-state index contributed by atoms with van der Waals surface area (Å²) in [7, 11) is 0. The number of hydrogen-bond donors (Lipinski definition) is 2. The zero-order chi connectivity index (χ0) is 19.3. The molecule has 0 unspecified atom stereocenters. The molecule has 0 saturated carbocycles. The number of rotatable bonds is 4. The Morgan fingerprint density at radius 3 is 2.58 bits per heavy atom. The summed E-state index contributed by atoms with van der Waals surface area (Å²) in [5, 5.41) is 27.8. The molecule has 0 aliphatic carbocycles. The first-order valence-electron chi connectivity index (χ1n) is 6.90. The molecule has 0 atom stereocenters. The van der Waals surface area contributed by atoms with Crippen molar-refractivity contribution in [3.8, 4) is 5.75 Å². The number of hydrogen-bond acceptors (Lipinski definition) is 5. The number of thiocarbonyl (C=S) groups is 1. The van der Waals surface area contributed by atoms with Gasteiger partial charge in [-0.25, -0.2) is 0 Å². The molecule has 136 valence electrons. The minimum absolute atomic E-state index is 0.215. The van der Waals surface area contributed by atoms with Crippen molar-refractivity contribution in [2.75, 3.05) is 5.32 Å². The number of nitro benzene ring substituents is 1. The molecule has 0 amide bonds. The van der Waals surface area contributed by atoms with Crippen molar-refractivity contribution < 1.29 is 23.2 Å². The Labute approximate surface area is 150 Å². The van der Waals surface area contributed by atoms with E-state index in [2.05, 4.69) is 15.8 Å². The molecule has 0 fully saturated rings. The molecule has 2 aromatic rings. The van der Waals surface area contributed by atoms with Crippen LogP contribution in [0.1, 0.15) is 11.1 Å². The monoisotopic (exact) mass is 383 g/mol. The molecule has 7 nitrogen and oxygen atoms in total. The van der Waals surface area contributed by atoms with E-state index in [-0.39, 0.29) is 16.4 Å². The van der Waals surface area contributed by atoms with Crippen molar-refractivity contribution in [1.29, 1.82) is 0 Å². The fraction of sp³-hybridized carbons (Fsp3) is 0.0667. The Kier molecular flexibility index (Phi) is 5.72. The topological polar surface area (TPSA) is 103 Å². The van der Waals surface area contributed by atoms with Gasteiger partial charge in [-0.2, -0.15) is 18.3 Å². The van der Waals surface area contributed by atoms with Gasteiger partial charge in [0, 0.05) is 11.6 Å². The van der Waals surface area contributed by atoms with Gasteiger partial charge in [0.15, 0.2) is 5.11 Å². The van der Waals surface area contributed by atoms with Gasteiger partial charge in [-0.3, -0.25) is 15.5 Å². The SMILES string of the molecule is O=[N+]([O-])c1cc(/C=N\NC(=S)Nc2ccccc2C(F)(F)F)ccc1[O-]. The second-order valence-electron chi connectivity index (χ2n) is 4.85. The van der Waals surface area contributed by atoms with Gasteiger partial charge < -0.3 is 10.4 Å². The summed E-state index contributed by atoms with van der Waals surface area (Å²) in [6, 6.07) is 8.09. The fourth-order valence-corrected chi connectivity index (χ4v) is 2.08. The summed E-state index contributed by atoms with van der Waals surface area (Å²) in [5.41, 5.74) is 0.773. The molecule has 0 spiro atoms. The minimum Gasteiger partial charge on any atom is -0.868 e. The van der Waals surface area contributed by atoms with Gasteiger partial charge in [0.05, 0.1) is 22.4 Å². The number of alkyl halides is 3. The lowest BCUT2D eigenvalue weighted by Gasteiger charge is -2.14. The third-order valence-electron chi connectivity index (χ3n) is 3.04. The van der Waals surface area contributed by atoms with Crippen molar-refractivity contribution in [1.82, 2.24) is 5.43 Å². The molecule has 2 N–H and O–H groups in total. The molecule has 2 rings (SSSR count). The molecule has 0 bridgehead atoms. The number of nitrogens with zero attached hydrogens (tertiary/aromatic N) is 2. The third-order valence-corrected chi connectivity index (χ3v) is 3.23. The van der Waals surface area contributed by atoms with E-state index in [0.717, 1.165) is 24.4 Å². The maximum atomic E-state index is 12.9. The lowest BCUT2D eigenvalue weighted by Crippen LogP contribution is -2.25. The molecule has 2 aromatic carbocycles. The fourth-order valence-electron chi connectivity index (χ4n) is 1.91. The Hall–Kier alpha value is -3.21. The summed E-state index contributed by atoms with van der Waals surface area (Å²) in [5.74, 6) is -0.749. The smallest absolute Gasteiger partial charge is 0.418 e. The largest absolute Gasteiger partial charge is 0.868 e. The van der Waals surface area contributed by atoms with E-state index in [9.17, 15) is 28.4 Å². The van der Waals surface area contributed by atoms with Crippen LogP contribution in [-0.2, 0) is 6.18 Å². The molecule has 0 aromatic heterocycles. The van der Waals surface area contributed by atoms with Crippen LogP contribution in [0, 0.1) is 10.1 Å². The van der Waals surface area contributed by atoms with E-state index in [1.54, 1.807) is 0 Å². The van der Waals surface area contributed by atoms with Crippen LogP contribution in [0.5, 0.6) is 5.75 Å². The summed E-state index contributed by atoms with van der Waals surface area (Å²) in [4.78, 5) is 9.87. The van der Waals surface area contributed by atoms with Gasteiger partial charge in [0.25, 0.3) is 5.69 Å². The summed E-state index contributed by atoms with van der Waals surface area (Å²) >= 11 is 4.86. The molecule has 0 aliphatic rings. The van der Waals surface area contributed by atoms with Gasteiger partial charge in [-0.05, 0) is 30.1 Å². The van der Waals surface area contributed by atoms with Crippen LogP contribution in [0.3, 0.4) is 0 Å². The second kappa shape index (κ2) is 7.78. The van der Waals surface area contributed by atoms with Crippen LogP contribution in [0.4, 0.5) is 24.5 Å². The first-order chi connectivity index (χ1) is 12.2. The lowest BCUT2D eigenvalue weighted by molar-refractivity contribution is -0.398. The number of nitrogens with one attached hydrogen (secondary N) is 2. The molecular weight excluding hydrogens is 373 g/mol. The van der Waals surface area contributed by atoms with Gasteiger partial charge >= 0.3 is 6.18 Å². The standard InChI is InChI=1S/C15H11F3N4O3S/c16-15(17,18)10-3-1-2-4-11(10)20-14(26)21-19-8-9-5-6-13(23)12(7-9)22(24)25/h1-8,23H,(H2,20,21,26)/p-1/b19-8-. The molecule has 0 radical (unpaired) electrons. The number of hydrazone groups is 1. The molecule has 26 heavy (non-hydrogen) atoms. The Bertz CT molecular complexity index is 871. The second-order valence-corrected chi connectivity index (χ2v) is 5.26. The van der Waals surface area contributed by atoms with E-state index < -0.39 is 28.1 Å². The maximum absolute atomic E-state index is 12.9. The van der Waals surface area contributed by atoms with Gasteiger partial charge in [-0.1, -0.05) is 24.3 Å². The van der Waals surface area contributed by atoms with Crippen LogP contribution in [0.2, 0.25) is 0 Å². The van der Waals surface area contributed by atoms with E-state index >= 15 is 0 Å². The van der Waals surface area contributed by atoms with E-state index in [1.165, 1.54) is 24.3 Å². The van der Waals surface area contributed by atoms with Crippen molar-refractivity contribution in [2.24, 2.45) is 5.10 Å². The molecule has 11 heteroatoms. The van der Waals surface area contributed by atoms with Gasteiger partial charge in [0.1, 0.15) is 0 Å². The van der Waals surface area contributed by atoms with Crippen molar-refractivity contribution in [3.05, 3.63) is 63.7 Å². The van der Waals surface area contributed by atoms with Crippen LogP contribution >= 0.6 is 12.2 Å². The highest BCUT2D eigenvalue weighted by Crippen LogP contribution is 2.34. The Morgan fingerprint density at radius 2 is 1.92 bits per heavy atom.